The van der Waals surface area contributed by atoms with Crippen LogP contribution in [0, 0.1) is 0 Å². The molecule has 1 saturated carbocycles. The monoisotopic (exact) mass is 353 g/mol. The van der Waals surface area contributed by atoms with Crippen molar-refractivity contribution in [1.29, 1.82) is 0 Å². The van der Waals surface area contributed by atoms with Gasteiger partial charge in [-0.05, 0) is 44.0 Å². The fourth-order valence-electron chi connectivity index (χ4n) is 3.08. The number of rotatable bonds is 6. The molecule has 3 rings (SSSR count). The van der Waals surface area contributed by atoms with Crippen LogP contribution in [0.15, 0.2) is 42.6 Å². The fourth-order valence-corrected chi connectivity index (χ4v) is 3.08. The number of esters is 1. The van der Waals surface area contributed by atoms with Crippen LogP contribution in [0.25, 0.3) is 0 Å². The Balaban J connectivity index is 1.67. The molecule has 1 amide bonds. The van der Waals surface area contributed by atoms with E-state index in [-0.39, 0.29) is 12.5 Å². The van der Waals surface area contributed by atoms with Gasteiger partial charge in [-0.25, -0.2) is 9.78 Å². The van der Waals surface area contributed by atoms with Crippen LogP contribution >= 0.6 is 0 Å². The van der Waals surface area contributed by atoms with E-state index in [9.17, 15) is 9.59 Å². The van der Waals surface area contributed by atoms with Crippen LogP contribution in [-0.4, -0.2) is 29.5 Å². The number of aromatic nitrogens is 1. The average Bonchev–Trinajstić information content (AvgIpc) is 3.16. The van der Waals surface area contributed by atoms with Crippen molar-refractivity contribution in [3.63, 3.8) is 0 Å². The summed E-state index contributed by atoms with van der Waals surface area (Å²) in [6.07, 6.45) is 6.53. The summed E-state index contributed by atoms with van der Waals surface area (Å²) >= 11 is 0. The van der Waals surface area contributed by atoms with E-state index < -0.39 is 5.97 Å². The molecule has 0 saturated heterocycles. The maximum Gasteiger partial charge on any atom is 0.340 e. The molecule has 1 aromatic heterocycles. The Morgan fingerprint density at radius 2 is 1.92 bits per heavy atom. The summed E-state index contributed by atoms with van der Waals surface area (Å²) in [5, 5.41) is 6.18. The largest absolute Gasteiger partial charge is 0.462 e. The SMILES string of the molecule is CCOC(=O)c1ccccc1NC(=O)c1ccc(NC2CCCC2)cn1. The van der Waals surface area contributed by atoms with Crippen LogP contribution in [0.5, 0.6) is 0 Å². The lowest BCUT2D eigenvalue weighted by Crippen LogP contribution is -2.18. The Hall–Kier alpha value is -2.89. The molecule has 0 spiro atoms. The van der Waals surface area contributed by atoms with Gasteiger partial charge in [-0.3, -0.25) is 4.79 Å². The van der Waals surface area contributed by atoms with Gasteiger partial charge in [0.2, 0.25) is 0 Å². The number of para-hydroxylation sites is 1. The maximum absolute atomic E-state index is 12.5. The van der Waals surface area contributed by atoms with E-state index >= 15 is 0 Å². The molecule has 1 aromatic carbocycles. The molecular weight excluding hydrogens is 330 g/mol. The lowest BCUT2D eigenvalue weighted by atomic mass is 10.1. The van der Waals surface area contributed by atoms with Gasteiger partial charge in [-0.2, -0.15) is 0 Å². The summed E-state index contributed by atoms with van der Waals surface area (Å²) in [6.45, 7) is 2.02. The van der Waals surface area contributed by atoms with E-state index in [1.165, 1.54) is 25.7 Å². The highest BCUT2D eigenvalue weighted by Gasteiger charge is 2.17. The first-order valence-corrected chi connectivity index (χ1v) is 8.97. The molecular formula is C20H23N3O3. The predicted molar refractivity (Wildman–Crippen MR) is 100 cm³/mol. The van der Waals surface area contributed by atoms with Gasteiger partial charge < -0.3 is 15.4 Å². The third-order valence-electron chi connectivity index (χ3n) is 4.39. The number of pyridine rings is 1. The molecule has 136 valence electrons. The summed E-state index contributed by atoms with van der Waals surface area (Å²) in [7, 11) is 0. The van der Waals surface area contributed by atoms with Gasteiger partial charge in [0.25, 0.3) is 5.91 Å². The first-order valence-electron chi connectivity index (χ1n) is 8.97. The molecule has 0 aliphatic heterocycles. The summed E-state index contributed by atoms with van der Waals surface area (Å²) in [4.78, 5) is 28.7. The van der Waals surface area contributed by atoms with Gasteiger partial charge in [0, 0.05) is 6.04 Å². The van der Waals surface area contributed by atoms with Crippen molar-refractivity contribution in [2.45, 2.75) is 38.6 Å². The van der Waals surface area contributed by atoms with Gasteiger partial charge >= 0.3 is 5.97 Å². The highest BCUT2D eigenvalue weighted by molar-refractivity contribution is 6.07. The molecule has 6 heteroatoms. The van der Waals surface area contributed by atoms with Crippen molar-refractivity contribution in [2.75, 3.05) is 17.2 Å². The smallest absolute Gasteiger partial charge is 0.340 e. The van der Waals surface area contributed by atoms with E-state index in [1.807, 2.05) is 6.07 Å². The number of nitrogens with zero attached hydrogens (tertiary/aromatic N) is 1. The van der Waals surface area contributed by atoms with Crippen LogP contribution in [0.1, 0.15) is 53.5 Å². The van der Waals surface area contributed by atoms with Gasteiger partial charge in [-0.1, -0.05) is 25.0 Å². The number of ether oxygens (including phenoxy) is 1. The second-order valence-electron chi connectivity index (χ2n) is 6.28. The molecule has 0 unspecified atom stereocenters. The Bertz CT molecular complexity index is 768. The van der Waals surface area contributed by atoms with Crippen LogP contribution in [-0.2, 0) is 4.74 Å². The molecule has 2 aromatic rings. The molecule has 1 aliphatic carbocycles. The lowest BCUT2D eigenvalue weighted by Gasteiger charge is -2.13. The highest BCUT2D eigenvalue weighted by atomic mass is 16.5. The summed E-state index contributed by atoms with van der Waals surface area (Å²) in [5.41, 5.74) is 1.94. The third-order valence-corrected chi connectivity index (χ3v) is 4.39. The van der Waals surface area contributed by atoms with Crippen LogP contribution in [0.3, 0.4) is 0 Å². The van der Waals surface area contributed by atoms with Crippen molar-refractivity contribution in [3.8, 4) is 0 Å². The minimum Gasteiger partial charge on any atom is -0.462 e. The van der Waals surface area contributed by atoms with Gasteiger partial charge in [0.1, 0.15) is 5.69 Å². The second-order valence-corrected chi connectivity index (χ2v) is 6.28. The second kappa shape index (κ2) is 8.47. The van der Waals surface area contributed by atoms with E-state index in [4.69, 9.17) is 4.74 Å². The van der Waals surface area contributed by atoms with E-state index in [0.717, 1.165) is 5.69 Å². The molecule has 1 aliphatic rings. The van der Waals surface area contributed by atoms with Crippen molar-refractivity contribution < 1.29 is 14.3 Å². The number of hydrogen-bond donors (Lipinski definition) is 2. The minimum absolute atomic E-state index is 0.276. The molecule has 6 nitrogen and oxygen atoms in total. The van der Waals surface area contributed by atoms with E-state index in [2.05, 4.69) is 15.6 Å². The molecule has 1 fully saturated rings. The van der Waals surface area contributed by atoms with Crippen molar-refractivity contribution >= 4 is 23.3 Å². The number of benzene rings is 1. The summed E-state index contributed by atoms with van der Waals surface area (Å²) in [5.74, 6) is -0.832. The number of carbonyl (C=O) groups excluding carboxylic acids is 2. The minimum atomic E-state index is -0.465. The number of carbonyl (C=O) groups is 2. The standard InChI is InChI=1S/C20H23N3O3/c1-2-26-20(25)16-9-5-6-10-17(16)23-19(24)18-12-11-15(13-21-18)22-14-7-3-4-8-14/h5-6,9-14,22H,2-4,7-8H2,1H3,(H,23,24). The lowest BCUT2D eigenvalue weighted by molar-refractivity contribution is 0.0527. The number of hydrogen-bond acceptors (Lipinski definition) is 5. The van der Waals surface area contributed by atoms with Gasteiger partial charge in [0.15, 0.2) is 0 Å². The summed E-state index contributed by atoms with van der Waals surface area (Å²) in [6, 6.07) is 10.8. The first kappa shape index (κ1) is 17.9. The van der Waals surface area contributed by atoms with Crippen LogP contribution in [0.2, 0.25) is 0 Å². The van der Waals surface area contributed by atoms with Crippen LogP contribution in [0.4, 0.5) is 11.4 Å². The number of anilines is 2. The number of amides is 1. The molecule has 0 radical (unpaired) electrons. The zero-order valence-electron chi connectivity index (χ0n) is 14.8. The quantitative estimate of drug-likeness (QED) is 0.771. The van der Waals surface area contributed by atoms with Crippen molar-refractivity contribution in [1.82, 2.24) is 4.98 Å². The zero-order valence-corrected chi connectivity index (χ0v) is 14.8. The van der Waals surface area contributed by atoms with Gasteiger partial charge in [0.05, 0.1) is 29.7 Å². The van der Waals surface area contributed by atoms with Crippen molar-refractivity contribution in [3.05, 3.63) is 53.9 Å². The highest BCUT2D eigenvalue weighted by Crippen LogP contribution is 2.22. The Labute approximate surface area is 153 Å². The normalized spacial score (nSPS) is 14.0. The molecule has 2 N–H and O–H groups in total. The maximum atomic E-state index is 12.5. The van der Waals surface area contributed by atoms with E-state index in [0.29, 0.717) is 23.0 Å². The molecule has 26 heavy (non-hydrogen) atoms. The number of nitrogens with one attached hydrogen (secondary N) is 2. The Morgan fingerprint density at radius 3 is 2.62 bits per heavy atom. The summed E-state index contributed by atoms with van der Waals surface area (Å²) < 4.78 is 5.02. The Kier molecular flexibility index (Phi) is 5.84. The first-order chi connectivity index (χ1) is 12.7. The fraction of sp³-hybridized carbons (Fsp3) is 0.350. The molecule has 1 heterocycles. The van der Waals surface area contributed by atoms with Gasteiger partial charge in [-0.15, -0.1) is 0 Å². The average molecular weight is 353 g/mol. The predicted octanol–water partition coefficient (Wildman–Crippen LogP) is 3.87. The van der Waals surface area contributed by atoms with Crippen molar-refractivity contribution in [2.24, 2.45) is 0 Å². The molecule has 0 atom stereocenters. The third kappa shape index (κ3) is 4.39. The van der Waals surface area contributed by atoms with Crippen LogP contribution < -0.4 is 10.6 Å². The Morgan fingerprint density at radius 1 is 1.15 bits per heavy atom. The zero-order chi connectivity index (χ0) is 18.4. The topological polar surface area (TPSA) is 80.3 Å². The molecule has 0 bridgehead atoms. The van der Waals surface area contributed by atoms with E-state index in [1.54, 1.807) is 43.5 Å².